The van der Waals surface area contributed by atoms with Gasteiger partial charge in [0.25, 0.3) is 11.8 Å². The number of rotatable bonds is 2. The summed E-state index contributed by atoms with van der Waals surface area (Å²) in [5, 5.41) is 1.66. The second-order valence-corrected chi connectivity index (χ2v) is 7.61. The standard InChI is InChI=1S/C22H17F2N3O2/c1-26-19-7-13(2-3-14(19)8-20(26)28)18-10-25-9-16-5-4-15(6-17(16)18)21(29)27-11-22(23,24)12-27/h2-7,9-10H,8,11-12H2,1H3. The van der Waals surface area contributed by atoms with Crippen molar-refractivity contribution in [1.29, 1.82) is 0 Å². The molecule has 2 aliphatic rings. The van der Waals surface area contributed by atoms with Gasteiger partial charge in [-0.05, 0) is 34.7 Å². The van der Waals surface area contributed by atoms with Crippen LogP contribution in [0.3, 0.4) is 0 Å². The molecule has 29 heavy (non-hydrogen) atoms. The van der Waals surface area contributed by atoms with Gasteiger partial charge in [-0.1, -0.05) is 18.2 Å². The molecule has 5 nitrogen and oxygen atoms in total. The lowest BCUT2D eigenvalue weighted by Crippen LogP contribution is -2.58. The molecule has 0 saturated carbocycles. The number of pyridine rings is 1. The van der Waals surface area contributed by atoms with Crippen molar-refractivity contribution in [2.75, 3.05) is 25.0 Å². The van der Waals surface area contributed by atoms with Crippen LogP contribution in [0.2, 0.25) is 0 Å². The lowest BCUT2D eigenvalue weighted by Gasteiger charge is -2.38. The lowest BCUT2D eigenvalue weighted by atomic mass is 9.97. The van der Waals surface area contributed by atoms with E-state index in [0.29, 0.717) is 12.0 Å². The van der Waals surface area contributed by atoms with Gasteiger partial charge in [0.2, 0.25) is 5.91 Å². The number of alkyl halides is 2. The number of hydrogen-bond donors (Lipinski definition) is 0. The van der Waals surface area contributed by atoms with Crippen LogP contribution < -0.4 is 4.90 Å². The summed E-state index contributed by atoms with van der Waals surface area (Å²) in [6.07, 6.45) is 3.81. The van der Waals surface area contributed by atoms with Crippen molar-refractivity contribution in [2.45, 2.75) is 12.3 Å². The summed E-state index contributed by atoms with van der Waals surface area (Å²) in [6, 6.07) is 11.0. The molecule has 2 aromatic carbocycles. The van der Waals surface area contributed by atoms with E-state index in [4.69, 9.17) is 0 Å². The first-order chi connectivity index (χ1) is 13.8. The van der Waals surface area contributed by atoms with Crippen LogP contribution in [0.5, 0.6) is 0 Å². The van der Waals surface area contributed by atoms with Crippen LogP contribution in [0.4, 0.5) is 14.5 Å². The Bertz CT molecular complexity index is 1180. The number of halogens is 2. The molecule has 0 bridgehead atoms. The Hall–Kier alpha value is -3.35. The minimum absolute atomic E-state index is 0.0485. The van der Waals surface area contributed by atoms with Crippen LogP contribution >= 0.6 is 0 Å². The number of benzene rings is 2. The summed E-state index contributed by atoms with van der Waals surface area (Å²) < 4.78 is 26.3. The molecule has 0 spiro atoms. The first-order valence-corrected chi connectivity index (χ1v) is 9.27. The molecule has 0 atom stereocenters. The van der Waals surface area contributed by atoms with E-state index >= 15 is 0 Å². The zero-order valence-electron chi connectivity index (χ0n) is 15.7. The number of hydrogen-bond acceptors (Lipinski definition) is 3. The van der Waals surface area contributed by atoms with Crippen LogP contribution in [0.15, 0.2) is 48.8 Å². The molecule has 1 saturated heterocycles. The van der Waals surface area contributed by atoms with Crippen molar-refractivity contribution in [3.05, 3.63) is 59.9 Å². The Labute approximate surface area is 165 Å². The third-order valence-electron chi connectivity index (χ3n) is 5.61. The maximum atomic E-state index is 13.1. The van der Waals surface area contributed by atoms with Crippen LogP contribution in [0.25, 0.3) is 21.9 Å². The number of carbonyl (C=O) groups excluding carboxylic acids is 2. The van der Waals surface area contributed by atoms with E-state index in [1.54, 1.807) is 42.5 Å². The maximum absolute atomic E-state index is 13.1. The average molecular weight is 393 g/mol. The number of likely N-dealkylation sites (N-methyl/N-ethyl adjacent to an activating group) is 1. The van der Waals surface area contributed by atoms with Crippen molar-refractivity contribution in [2.24, 2.45) is 0 Å². The minimum Gasteiger partial charge on any atom is -0.326 e. The second kappa shape index (κ2) is 6.07. The van der Waals surface area contributed by atoms with E-state index in [1.165, 1.54) is 0 Å². The molecule has 0 unspecified atom stereocenters. The van der Waals surface area contributed by atoms with Gasteiger partial charge < -0.3 is 9.80 Å². The van der Waals surface area contributed by atoms with Crippen molar-refractivity contribution < 1.29 is 18.4 Å². The van der Waals surface area contributed by atoms with Gasteiger partial charge in [0.1, 0.15) is 0 Å². The summed E-state index contributed by atoms with van der Waals surface area (Å²) >= 11 is 0. The molecule has 1 fully saturated rings. The smallest absolute Gasteiger partial charge is 0.282 e. The summed E-state index contributed by atoms with van der Waals surface area (Å²) in [5.74, 6) is -3.15. The molecule has 3 aromatic rings. The molecule has 2 amide bonds. The van der Waals surface area contributed by atoms with Crippen LogP contribution in [0, 0.1) is 0 Å². The quantitative estimate of drug-likeness (QED) is 0.670. The fourth-order valence-electron chi connectivity index (χ4n) is 3.97. The highest BCUT2D eigenvalue weighted by Gasteiger charge is 2.46. The molecule has 5 rings (SSSR count). The summed E-state index contributed by atoms with van der Waals surface area (Å²) in [5.41, 5.74) is 3.91. The van der Waals surface area contributed by atoms with Crippen LogP contribution in [-0.4, -0.2) is 47.8 Å². The largest absolute Gasteiger partial charge is 0.326 e. The number of aromatic nitrogens is 1. The molecule has 3 heterocycles. The third kappa shape index (κ3) is 2.85. The first-order valence-electron chi connectivity index (χ1n) is 9.27. The van der Waals surface area contributed by atoms with Gasteiger partial charge in [0, 0.05) is 41.6 Å². The molecule has 0 aliphatic carbocycles. The SMILES string of the molecule is CN1C(=O)Cc2ccc(-c3cncc4ccc(C(=O)N5CC(F)(F)C5)cc34)cc21. The third-order valence-corrected chi connectivity index (χ3v) is 5.61. The number of fused-ring (bicyclic) bond motifs is 2. The summed E-state index contributed by atoms with van der Waals surface area (Å²) in [7, 11) is 1.75. The fourth-order valence-corrected chi connectivity index (χ4v) is 3.97. The molecule has 0 N–H and O–H groups in total. The normalized spacial score (nSPS) is 17.4. The Balaban J connectivity index is 1.57. The van der Waals surface area contributed by atoms with Crippen LogP contribution in [0.1, 0.15) is 15.9 Å². The van der Waals surface area contributed by atoms with Gasteiger partial charge >= 0.3 is 0 Å². The fraction of sp³-hybridized carbons (Fsp3) is 0.227. The van der Waals surface area contributed by atoms with Gasteiger partial charge in [-0.3, -0.25) is 14.6 Å². The zero-order chi connectivity index (χ0) is 20.3. The first kappa shape index (κ1) is 17.7. The van der Waals surface area contributed by atoms with Crippen molar-refractivity contribution in [1.82, 2.24) is 9.88 Å². The Morgan fingerprint density at radius 2 is 1.90 bits per heavy atom. The van der Waals surface area contributed by atoms with E-state index in [2.05, 4.69) is 4.98 Å². The molecule has 2 aliphatic heterocycles. The number of carbonyl (C=O) groups is 2. The van der Waals surface area contributed by atoms with Crippen molar-refractivity contribution in [3.8, 4) is 11.1 Å². The zero-order valence-corrected chi connectivity index (χ0v) is 15.7. The predicted molar refractivity (Wildman–Crippen MR) is 105 cm³/mol. The number of likely N-dealkylation sites (tertiary alicyclic amines) is 1. The van der Waals surface area contributed by atoms with Gasteiger partial charge in [-0.2, -0.15) is 0 Å². The molecule has 7 heteroatoms. The van der Waals surface area contributed by atoms with Gasteiger partial charge in [0.15, 0.2) is 0 Å². The molecule has 146 valence electrons. The van der Waals surface area contributed by atoms with E-state index in [0.717, 1.165) is 38.1 Å². The van der Waals surface area contributed by atoms with E-state index in [1.807, 2.05) is 18.2 Å². The Kier molecular flexibility index (Phi) is 3.71. The highest BCUT2D eigenvalue weighted by atomic mass is 19.3. The molecule has 1 aromatic heterocycles. The molecular weight excluding hydrogens is 376 g/mol. The Morgan fingerprint density at radius 3 is 2.66 bits per heavy atom. The average Bonchev–Trinajstić information content (AvgIpc) is 2.98. The predicted octanol–water partition coefficient (Wildman–Crippen LogP) is 3.51. The van der Waals surface area contributed by atoms with E-state index < -0.39 is 24.9 Å². The summed E-state index contributed by atoms with van der Waals surface area (Å²) in [6.45, 7) is -1.09. The number of anilines is 1. The monoisotopic (exact) mass is 393 g/mol. The highest BCUT2D eigenvalue weighted by Crippen LogP contribution is 2.36. The second-order valence-electron chi connectivity index (χ2n) is 7.61. The lowest BCUT2D eigenvalue weighted by molar-refractivity contribution is -0.117. The van der Waals surface area contributed by atoms with Crippen molar-refractivity contribution >= 4 is 28.3 Å². The highest BCUT2D eigenvalue weighted by molar-refractivity contribution is 6.05. The van der Waals surface area contributed by atoms with E-state index in [9.17, 15) is 18.4 Å². The van der Waals surface area contributed by atoms with Gasteiger partial charge in [0.05, 0.1) is 19.5 Å². The molecular formula is C22H17F2N3O2. The number of nitrogens with zero attached hydrogens (tertiary/aromatic N) is 3. The van der Waals surface area contributed by atoms with Gasteiger partial charge in [-0.15, -0.1) is 0 Å². The minimum atomic E-state index is -2.80. The number of amides is 2. The van der Waals surface area contributed by atoms with E-state index in [-0.39, 0.29) is 5.91 Å². The molecule has 0 radical (unpaired) electrons. The van der Waals surface area contributed by atoms with Crippen LogP contribution in [-0.2, 0) is 11.2 Å². The topological polar surface area (TPSA) is 53.5 Å². The maximum Gasteiger partial charge on any atom is 0.282 e. The Morgan fingerprint density at radius 1 is 1.10 bits per heavy atom. The van der Waals surface area contributed by atoms with Gasteiger partial charge in [-0.25, -0.2) is 8.78 Å². The van der Waals surface area contributed by atoms with Crippen molar-refractivity contribution in [3.63, 3.8) is 0 Å². The summed E-state index contributed by atoms with van der Waals surface area (Å²) in [4.78, 5) is 31.6.